The number of rotatable bonds is 2. The fourth-order valence-electron chi connectivity index (χ4n) is 2.50. The molecule has 0 saturated carbocycles. The summed E-state index contributed by atoms with van der Waals surface area (Å²) in [5, 5.41) is 3.60. The van der Waals surface area contributed by atoms with Crippen molar-refractivity contribution in [3.05, 3.63) is 23.5 Å². The Kier molecular flexibility index (Phi) is 4.00. The quantitative estimate of drug-likeness (QED) is 0.849. The number of pyridine rings is 1. The van der Waals surface area contributed by atoms with Gasteiger partial charge in [0.2, 0.25) is 0 Å². The highest BCUT2D eigenvalue weighted by atomic mass is 15.2. The van der Waals surface area contributed by atoms with Gasteiger partial charge in [-0.05, 0) is 45.4 Å². The van der Waals surface area contributed by atoms with Gasteiger partial charge in [0, 0.05) is 24.8 Å². The number of nitrogens with zero attached hydrogens (tertiary/aromatic N) is 2. The molecule has 1 aliphatic rings. The van der Waals surface area contributed by atoms with Crippen molar-refractivity contribution in [3.8, 4) is 0 Å². The molecule has 17 heavy (non-hydrogen) atoms. The molecule has 2 rings (SSSR count). The van der Waals surface area contributed by atoms with Crippen molar-refractivity contribution in [2.24, 2.45) is 0 Å². The van der Waals surface area contributed by atoms with Gasteiger partial charge in [-0.3, -0.25) is 4.98 Å². The molecule has 0 aromatic carbocycles. The molecule has 1 saturated heterocycles. The van der Waals surface area contributed by atoms with Crippen LogP contribution in [0.5, 0.6) is 0 Å². The van der Waals surface area contributed by atoms with E-state index in [0.717, 1.165) is 31.0 Å². The monoisotopic (exact) mass is 233 g/mol. The number of nitrogens with one attached hydrogen (secondary N) is 1. The zero-order chi connectivity index (χ0) is 12.3. The van der Waals surface area contributed by atoms with E-state index in [-0.39, 0.29) is 0 Å². The van der Waals surface area contributed by atoms with Gasteiger partial charge in [-0.15, -0.1) is 0 Å². The van der Waals surface area contributed by atoms with E-state index in [1.165, 1.54) is 18.5 Å². The summed E-state index contributed by atoms with van der Waals surface area (Å²) in [7, 11) is 0. The summed E-state index contributed by atoms with van der Waals surface area (Å²) in [6, 6.07) is 4.94. The summed E-state index contributed by atoms with van der Waals surface area (Å²) in [4.78, 5) is 7.05. The maximum atomic E-state index is 4.57. The van der Waals surface area contributed by atoms with Crippen molar-refractivity contribution in [2.75, 3.05) is 24.5 Å². The molecule has 1 N–H and O–H groups in total. The van der Waals surface area contributed by atoms with Crippen molar-refractivity contribution in [1.82, 2.24) is 10.3 Å². The van der Waals surface area contributed by atoms with Crippen LogP contribution in [-0.4, -0.2) is 30.7 Å². The Morgan fingerprint density at radius 1 is 1.41 bits per heavy atom. The van der Waals surface area contributed by atoms with Gasteiger partial charge in [-0.25, -0.2) is 0 Å². The SMILES string of the molecule is CCC1CN(c2ccc(C)nc2C)CCCN1. The summed E-state index contributed by atoms with van der Waals surface area (Å²) in [6.45, 7) is 9.78. The molecule has 1 aromatic heterocycles. The van der Waals surface area contributed by atoms with Crippen molar-refractivity contribution >= 4 is 5.69 Å². The van der Waals surface area contributed by atoms with E-state index in [9.17, 15) is 0 Å². The molecule has 1 unspecified atom stereocenters. The van der Waals surface area contributed by atoms with Gasteiger partial charge in [-0.2, -0.15) is 0 Å². The van der Waals surface area contributed by atoms with Crippen molar-refractivity contribution in [1.29, 1.82) is 0 Å². The first-order valence-electron chi connectivity index (χ1n) is 6.63. The summed E-state index contributed by atoms with van der Waals surface area (Å²) >= 11 is 0. The molecule has 1 fully saturated rings. The second-order valence-electron chi connectivity index (χ2n) is 4.92. The Bertz CT molecular complexity index is 376. The van der Waals surface area contributed by atoms with Crippen LogP contribution in [0.2, 0.25) is 0 Å². The van der Waals surface area contributed by atoms with Crippen LogP contribution >= 0.6 is 0 Å². The molecule has 0 radical (unpaired) electrons. The van der Waals surface area contributed by atoms with Crippen LogP contribution in [0.25, 0.3) is 0 Å². The van der Waals surface area contributed by atoms with Gasteiger partial charge in [-0.1, -0.05) is 6.92 Å². The predicted octanol–water partition coefficient (Wildman–Crippen LogP) is 2.28. The van der Waals surface area contributed by atoms with Crippen LogP contribution in [0, 0.1) is 13.8 Å². The highest BCUT2D eigenvalue weighted by molar-refractivity contribution is 5.51. The molecule has 0 spiro atoms. The Labute approximate surface area is 104 Å². The van der Waals surface area contributed by atoms with E-state index in [2.05, 4.69) is 48.1 Å². The van der Waals surface area contributed by atoms with E-state index in [0.29, 0.717) is 6.04 Å². The minimum absolute atomic E-state index is 0.609. The number of aromatic nitrogens is 1. The number of anilines is 1. The zero-order valence-corrected chi connectivity index (χ0v) is 11.2. The van der Waals surface area contributed by atoms with Crippen molar-refractivity contribution in [3.63, 3.8) is 0 Å². The predicted molar refractivity (Wildman–Crippen MR) is 72.6 cm³/mol. The lowest BCUT2D eigenvalue weighted by atomic mass is 10.2. The fraction of sp³-hybridized carbons (Fsp3) is 0.643. The normalized spacial score (nSPS) is 21.4. The van der Waals surface area contributed by atoms with E-state index >= 15 is 0 Å². The van der Waals surface area contributed by atoms with Gasteiger partial charge in [0.05, 0.1) is 11.4 Å². The van der Waals surface area contributed by atoms with Crippen LogP contribution in [0.1, 0.15) is 31.2 Å². The van der Waals surface area contributed by atoms with Crippen LogP contribution in [-0.2, 0) is 0 Å². The second kappa shape index (κ2) is 5.50. The van der Waals surface area contributed by atoms with Gasteiger partial charge < -0.3 is 10.2 Å². The summed E-state index contributed by atoms with van der Waals surface area (Å²) < 4.78 is 0. The molecule has 1 aliphatic heterocycles. The molecule has 2 heterocycles. The lowest BCUT2D eigenvalue weighted by molar-refractivity contribution is 0.528. The highest BCUT2D eigenvalue weighted by Gasteiger charge is 2.17. The van der Waals surface area contributed by atoms with Crippen molar-refractivity contribution < 1.29 is 0 Å². The zero-order valence-electron chi connectivity index (χ0n) is 11.2. The molecule has 0 bridgehead atoms. The van der Waals surface area contributed by atoms with Gasteiger partial charge in [0.1, 0.15) is 0 Å². The first-order valence-corrected chi connectivity index (χ1v) is 6.63. The second-order valence-corrected chi connectivity index (χ2v) is 4.92. The highest BCUT2D eigenvalue weighted by Crippen LogP contribution is 2.20. The Balaban J connectivity index is 2.19. The van der Waals surface area contributed by atoms with Gasteiger partial charge in [0.15, 0.2) is 0 Å². The molecule has 1 aromatic rings. The lowest BCUT2D eigenvalue weighted by Gasteiger charge is -2.27. The number of hydrogen-bond acceptors (Lipinski definition) is 3. The van der Waals surface area contributed by atoms with E-state index in [1.54, 1.807) is 0 Å². The van der Waals surface area contributed by atoms with E-state index in [1.807, 2.05) is 0 Å². The van der Waals surface area contributed by atoms with Crippen LogP contribution in [0.4, 0.5) is 5.69 Å². The van der Waals surface area contributed by atoms with Gasteiger partial charge >= 0.3 is 0 Å². The third-order valence-electron chi connectivity index (χ3n) is 3.51. The summed E-state index contributed by atoms with van der Waals surface area (Å²) in [6.07, 6.45) is 2.40. The summed E-state index contributed by atoms with van der Waals surface area (Å²) in [5.74, 6) is 0. The van der Waals surface area contributed by atoms with Crippen LogP contribution < -0.4 is 10.2 Å². The molecule has 3 nitrogen and oxygen atoms in total. The summed E-state index contributed by atoms with van der Waals surface area (Å²) in [5.41, 5.74) is 3.56. The molecule has 1 atom stereocenters. The number of aryl methyl sites for hydroxylation is 2. The third-order valence-corrected chi connectivity index (χ3v) is 3.51. The van der Waals surface area contributed by atoms with Gasteiger partial charge in [0.25, 0.3) is 0 Å². The molecular formula is C14H23N3. The fourth-order valence-corrected chi connectivity index (χ4v) is 2.50. The smallest absolute Gasteiger partial charge is 0.0608 e. The van der Waals surface area contributed by atoms with Crippen LogP contribution in [0.3, 0.4) is 0 Å². The first kappa shape index (κ1) is 12.4. The molecule has 0 aliphatic carbocycles. The molecule has 94 valence electrons. The topological polar surface area (TPSA) is 28.2 Å². The van der Waals surface area contributed by atoms with Crippen LogP contribution in [0.15, 0.2) is 12.1 Å². The third kappa shape index (κ3) is 2.97. The lowest BCUT2D eigenvalue weighted by Crippen LogP contribution is -2.37. The minimum Gasteiger partial charge on any atom is -0.368 e. The minimum atomic E-state index is 0.609. The first-order chi connectivity index (χ1) is 8.20. The van der Waals surface area contributed by atoms with E-state index in [4.69, 9.17) is 0 Å². The maximum Gasteiger partial charge on any atom is 0.0608 e. The molecule has 3 heteroatoms. The average molecular weight is 233 g/mol. The Morgan fingerprint density at radius 2 is 2.24 bits per heavy atom. The largest absolute Gasteiger partial charge is 0.368 e. The molecule has 0 amide bonds. The van der Waals surface area contributed by atoms with Crippen molar-refractivity contribution in [2.45, 2.75) is 39.7 Å². The molecular weight excluding hydrogens is 210 g/mol. The number of hydrogen-bond donors (Lipinski definition) is 1. The Morgan fingerprint density at radius 3 is 2.94 bits per heavy atom. The average Bonchev–Trinajstić information content (AvgIpc) is 2.54. The maximum absolute atomic E-state index is 4.57. The standard InChI is InChI=1S/C14H23N3/c1-4-13-10-17(9-5-8-15-13)14-7-6-11(2)16-12(14)3/h6-7,13,15H,4-5,8-10H2,1-3H3. The van der Waals surface area contributed by atoms with E-state index < -0.39 is 0 Å². The Hall–Kier alpha value is -1.09.